The van der Waals surface area contributed by atoms with Crippen LogP contribution in [0.4, 0.5) is 0 Å². The lowest BCUT2D eigenvalue weighted by atomic mass is 9.91. The van der Waals surface area contributed by atoms with Crippen molar-refractivity contribution in [1.82, 2.24) is 0 Å². The maximum Gasteiger partial charge on any atom is 0.124 e. The Hall–Kier alpha value is -1.06. The van der Waals surface area contributed by atoms with Gasteiger partial charge < -0.3 is 15.2 Å². The van der Waals surface area contributed by atoms with Crippen molar-refractivity contribution < 1.29 is 9.47 Å². The topological polar surface area (TPSA) is 44.5 Å². The van der Waals surface area contributed by atoms with Crippen LogP contribution in [0.3, 0.4) is 0 Å². The molecule has 0 bridgehead atoms. The van der Waals surface area contributed by atoms with Gasteiger partial charge in [0.1, 0.15) is 5.75 Å². The standard InChI is InChI=1S/C14H21NO2/c1-3-17-13-5-4-10(2)8-12(13)14(15)11-6-7-16-9-11/h4-5,8,11,14H,3,6-7,9,15H2,1-2H3. The highest BCUT2D eigenvalue weighted by molar-refractivity contribution is 5.39. The van der Waals surface area contributed by atoms with Gasteiger partial charge in [-0.1, -0.05) is 17.7 Å². The van der Waals surface area contributed by atoms with Crippen molar-refractivity contribution in [3.05, 3.63) is 29.3 Å². The Morgan fingerprint density at radius 1 is 1.53 bits per heavy atom. The van der Waals surface area contributed by atoms with Crippen LogP contribution in [0.15, 0.2) is 18.2 Å². The molecule has 0 saturated carbocycles. The molecule has 1 saturated heterocycles. The van der Waals surface area contributed by atoms with E-state index in [2.05, 4.69) is 19.1 Å². The van der Waals surface area contributed by atoms with Crippen molar-refractivity contribution >= 4 is 0 Å². The van der Waals surface area contributed by atoms with E-state index in [1.807, 2.05) is 13.0 Å². The summed E-state index contributed by atoms with van der Waals surface area (Å²) in [5, 5.41) is 0. The molecular weight excluding hydrogens is 214 g/mol. The van der Waals surface area contributed by atoms with Gasteiger partial charge in [-0.3, -0.25) is 0 Å². The van der Waals surface area contributed by atoms with E-state index in [1.54, 1.807) is 0 Å². The summed E-state index contributed by atoms with van der Waals surface area (Å²) >= 11 is 0. The quantitative estimate of drug-likeness (QED) is 0.871. The molecule has 94 valence electrons. The number of rotatable bonds is 4. The third-order valence-corrected chi connectivity index (χ3v) is 3.30. The van der Waals surface area contributed by atoms with E-state index < -0.39 is 0 Å². The first-order chi connectivity index (χ1) is 8.22. The third kappa shape index (κ3) is 2.79. The predicted molar refractivity (Wildman–Crippen MR) is 68.2 cm³/mol. The minimum Gasteiger partial charge on any atom is -0.494 e. The molecule has 0 amide bonds. The first kappa shape index (κ1) is 12.4. The van der Waals surface area contributed by atoms with E-state index in [4.69, 9.17) is 15.2 Å². The zero-order valence-electron chi connectivity index (χ0n) is 10.6. The van der Waals surface area contributed by atoms with E-state index in [-0.39, 0.29) is 6.04 Å². The van der Waals surface area contributed by atoms with Crippen LogP contribution in [-0.4, -0.2) is 19.8 Å². The van der Waals surface area contributed by atoms with Gasteiger partial charge >= 0.3 is 0 Å². The van der Waals surface area contributed by atoms with E-state index in [0.717, 1.165) is 30.9 Å². The monoisotopic (exact) mass is 235 g/mol. The van der Waals surface area contributed by atoms with Gasteiger partial charge in [0.15, 0.2) is 0 Å². The Labute approximate surface area is 103 Å². The Morgan fingerprint density at radius 3 is 3.00 bits per heavy atom. The Bertz CT molecular complexity index is 372. The molecule has 3 heteroatoms. The van der Waals surface area contributed by atoms with E-state index >= 15 is 0 Å². The summed E-state index contributed by atoms with van der Waals surface area (Å²) < 4.78 is 11.1. The maximum absolute atomic E-state index is 6.34. The zero-order chi connectivity index (χ0) is 12.3. The van der Waals surface area contributed by atoms with Gasteiger partial charge in [0.25, 0.3) is 0 Å². The lowest BCUT2D eigenvalue weighted by Crippen LogP contribution is -2.22. The van der Waals surface area contributed by atoms with Crippen molar-refractivity contribution in [3.63, 3.8) is 0 Å². The van der Waals surface area contributed by atoms with Crippen LogP contribution >= 0.6 is 0 Å². The molecule has 2 N–H and O–H groups in total. The molecule has 2 atom stereocenters. The Morgan fingerprint density at radius 2 is 2.35 bits per heavy atom. The van der Waals surface area contributed by atoms with E-state index in [0.29, 0.717) is 12.5 Å². The summed E-state index contributed by atoms with van der Waals surface area (Å²) in [7, 11) is 0. The first-order valence-corrected chi connectivity index (χ1v) is 6.29. The van der Waals surface area contributed by atoms with Gasteiger partial charge in [-0.15, -0.1) is 0 Å². The highest BCUT2D eigenvalue weighted by Crippen LogP contribution is 2.33. The second-order valence-corrected chi connectivity index (χ2v) is 4.62. The average Bonchev–Trinajstić information content (AvgIpc) is 2.84. The second kappa shape index (κ2) is 5.52. The van der Waals surface area contributed by atoms with E-state index in [9.17, 15) is 0 Å². The molecule has 1 aliphatic heterocycles. The summed E-state index contributed by atoms with van der Waals surface area (Å²) in [5.41, 5.74) is 8.67. The fourth-order valence-corrected chi connectivity index (χ4v) is 2.31. The summed E-state index contributed by atoms with van der Waals surface area (Å²) in [6.07, 6.45) is 1.04. The molecule has 0 radical (unpaired) electrons. The van der Waals surface area contributed by atoms with Gasteiger partial charge in [-0.05, 0) is 26.3 Å². The lowest BCUT2D eigenvalue weighted by molar-refractivity contribution is 0.180. The number of ether oxygens (including phenoxy) is 2. The molecule has 2 unspecified atom stereocenters. The van der Waals surface area contributed by atoms with Crippen molar-refractivity contribution in [2.45, 2.75) is 26.3 Å². The number of benzene rings is 1. The van der Waals surface area contributed by atoms with Gasteiger partial charge in [0.05, 0.1) is 13.2 Å². The van der Waals surface area contributed by atoms with Crippen molar-refractivity contribution in [2.75, 3.05) is 19.8 Å². The number of hydrogen-bond donors (Lipinski definition) is 1. The summed E-state index contributed by atoms with van der Waals surface area (Å²) in [6, 6.07) is 6.23. The highest BCUT2D eigenvalue weighted by Gasteiger charge is 2.26. The fourth-order valence-electron chi connectivity index (χ4n) is 2.31. The molecular formula is C14H21NO2. The van der Waals surface area contributed by atoms with Gasteiger partial charge in [-0.2, -0.15) is 0 Å². The molecule has 3 nitrogen and oxygen atoms in total. The van der Waals surface area contributed by atoms with Crippen LogP contribution in [0.1, 0.15) is 30.5 Å². The second-order valence-electron chi connectivity index (χ2n) is 4.62. The number of aryl methyl sites for hydroxylation is 1. The third-order valence-electron chi connectivity index (χ3n) is 3.30. The van der Waals surface area contributed by atoms with Crippen LogP contribution in [0, 0.1) is 12.8 Å². The largest absolute Gasteiger partial charge is 0.494 e. The molecule has 1 aromatic rings. The fraction of sp³-hybridized carbons (Fsp3) is 0.571. The molecule has 1 aromatic carbocycles. The van der Waals surface area contributed by atoms with Gasteiger partial charge in [-0.25, -0.2) is 0 Å². The first-order valence-electron chi connectivity index (χ1n) is 6.29. The number of hydrogen-bond acceptors (Lipinski definition) is 3. The molecule has 2 rings (SSSR count). The average molecular weight is 235 g/mol. The highest BCUT2D eigenvalue weighted by atomic mass is 16.5. The minimum atomic E-state index is 0.0129. The SMILES string of the molecule is CCOc1ccc(C)cc1C(N)C1CCOC1. The van der Waals surface area contributed by atoms with Crippen LogP contribution in [0.5, 0.6) is 5.75 Å². The summed E-state index contributed by atoms with van der Waals surface area (Å²) in [6.45, 7) is 6.34. The Balaban J connectivity index is 2.24. The van der Waals surface area contributed by atoms with Gasteiger partial charge in [0.2, 0.25) is 0 Å². The molecule has 1 aliphatic rings. The minimum absolute atomic E-state index is 0.0129. The van der Waals surface area contributed by atoms with Crippen LogP contribution in [-0.2, 0) is 4.74 Å². The smallest absolute Gasteiger partial charge is 0.124 e. The molecule has 0 spiro atoms. The summed E-state index contributed by atoms with van der Waals surface area (Å²) in [5.74, 6) is 1.33. The van der Waals surface area contributed by atoms with Crippen LogP contribution < -0.4 is 10.5 Å². The molecule has 17 heavy (non-hydrogen) atoms. The Kier molecular flexibility index (Phi) is 4.02. The molecule has 1 fully saturated rings. The zero-order valence-corrected chi connectivity index (χ0v) is 10.6. The summed E-state index contributed by atoms with van der Waals surface area (Å²) in [4.78, 5) is 0. The predicted octanol–water partition coefficient (Wildman–Crippen LogP) is 2.43. The number of nitrogens with two attached hydrogens (primary N) is 1. The normalized spacial score (nSPS) is 21.5. The van der Waals surface area contributed by atoms with Crippen LogP contribution in [0.25, 0.3) is 0 Å². The van der Waals surface area contributed by atoms with E-state index in [1.165, 1.54) is 5.56 Å². The van der Waals surface area contributed by atoms with Crippen molar-refractivity contribution in [3.8, 4) is 5.75 Å². The van der Waals surface area contributed by atoms with Crippen molar-refractivity contribution in [1.29, 1.82) is 0 Å². The maximum atomic E-state index is 6.34. The van der Waals surface area contributed by atoms with Crippen LogP contribution in [0.2, 0.25) is 0 Å². The molecule has 1 heterocycles. The molecule has 0 aromatic heterocycles. The van der Waals surface area contributed by atoms with Gasteiger partial charge in [0, 0.05) is 24.1 Å². The van der Waals surface area contributed by atoms with Crippen molar-refractivity contribution in [2.24, 2.45) is 11.7 Å². The molecule has 0 aliphatic carbocycles. The lowest BCUT2D eigenvalue weighted by Gasteiger charge is -2.21.